The molecule has 0 aliphatic heterocycles. The summed E-state index contributed by atoms with van der Waals surface area (Å²) in [6, 6.07) is 22.1. The fourth-order valence-corrected chi connectivity index (χ4v) is 5.37. The molecule has 15 heteroatoms. The van der Waals surface area contributed by atoms with Crippen LogP contribution in [-0.4, -0.2) is 61.0 Å². The molecule has 1 heterocycles. The minimum Gasteiger partial charge on any atom is -0.489 e. The molecule has 1 aromatic heterocycles. The number of esters is 1. The fraction of sp³-hybridized carbons (Fsp3) is 0.341. The van der Waals surface area contributed by atoms with Crippen LogP contribution in [0, 0.1) is 6.92 Å². The summed E-state index contributed by atoms with van der Waals surface area (Å²) in [5.41, 5.74) is 1.90. The van der Waals surface area contributed by atoms with Gasteiger partial charge in [0.15, 0.2) is 0 Å². The van der Waals surface area contributed by atoms with Crippen molar-refractivity contribution in [2.24, 2.45) is 0 Å². The zero-order chi connectivity index (χ0) is 40.9. The van der Waals surface area contributed by atoms with E-state index in [-0.39, 0.29) is 43.7 Å². The summed E-state index contributed by atoms with van der Waals surface area (Å²) in [6.45, 7) is 6.93. The largest absolute Gasteiger partial charge is 0.573 e. The number of rotatable bonds is 16. The number of carbonyl (C=O) groups is 4. The second-order valence-electron chi connectivity index (χ2n) is 13.7. The number of pyridine rings is 1. The quantitative estimate of drug-likeness (QED) is 0.110. The molecule has 0 bridgehead atoms. The van der Waals surface area contributed by atoms with Crippen LogP contribution in [0.2, 0.25) is 0 Å². The fourth-order valence-electron chi connectivity index (χ4n) is 5.37. The second kappa shape index (κ2) is 19.5. The van der Waals surface area contributed by atoms with Crippen LogP contribution >= 0.6 is 0 Å². The van der Waals surface area contributed by atoms with Crippen molar-refractivity contribution in [2.75, 3.05) is 25.1 Å². The Morgan fingerprint density at radius 1 is 0.893 bits per heavy atom. The first-order valence-electron chi connectivity index (χ1n) is 17.7. The lowest BCUT2D eigenvalue weighted by molar-refractivity contribution is -0.274. The van der Waals surface area contributed by atoms with Crippen molar-refractivity contribution in [2.45, 2.75) is 71.6 Å². The van der Waals surface area contributed by atoms with E-state index in [1.807, 2.05) is 37.3 Å². The number of methoxy groups -OCH3 is 1. The molecule has 0 saturated carbocycles. The van der Waals surface area contributed by atoms with E-state index >= 15 is 0 Å². The van der Waals surface area contributed by atoms with Gasteiger partial charge in [-0.3, -0.25) is 19.3 Å². The molecule has 4 aromatic rings. The molecule has 0 radical (unpaired) electrons. The number of amides is 3. The first-order chi connectivity index (χ1) is 26.5. The Balaban J connectivity index is 1.39. The Hall–Kier alpha value is -6.12. The summed E-state index contributed by atoms with van der Waals surface area (Å²) in [5, 5.41) is 5.25. The first kappa shape index (κ1) is 42.6. The third-order valence-corrected chi connectivity index (χ3v) is 8.01. The van der Waals surface area contributed by atoms with Gasteiger partial charge in [0.2, 0.25) is 11.8 Å². The average Bonchev–Trinajstić information content (AvgIpc) is 3.13. The topological polar surface area (TPSA) is 145 Å². The summed E-state index contributed by atoms with van der Waals surface area (Å²) in [5.74, 6) is -1.63. The highest BCUT2D eigenvalue weighted by molar-refractivity contribution is 5.87. The van der Waals surface area contributed by atoms with Crippen molar-refractivity contribution < 1.29 is 51.3 Å². The van der Waals surface area contributed by atoms with Gasteiger partial charge in [-0.05, 0) is 80.6 Å². The monoisotopic (exact) mass is 778 g/mol. The average molecular weight is 779 g/mol. The number of aromatic nitrogens is 1. The van der Waals surface area contributed by atoms with Crippen LogP contribution in [0.4, 0.5) is 23.8 Å². The predicted molar refractivity (Wildman–Crippen MR) is 202 cm³/mol. The van der Waals surface area contributed by atoms with Crippen LogP contribution in [-0.2, 0) is 30.5 Å². The van der Waals surface area contributed by atoms with Gasteiger partial charge < -0.3 is 29.6 Å². The number of benzene rings is 3. The minimum absolute atomic E-state index is 0.0222. The van der Waals surface area contributed by atoms with E-state index in [0.717, 1.165) is 17.2 Å². The second-order valence-corrected chi connectivity index (χ2v) is 13.7. The molecule has 4 rings (SSSR count). The van der Waals surface area contributed by atoms with E-state index in [4.69, 9.17) is 14.2 Å². The molecular formula is C41H45F3N4O8. The standard InChI is InChI=1S/C41H45F3N4O8/c1-27-19-20-45-35(22-27)48(39(52)56-40(2,3)4)21-9-12-36(49)46-25-37(50)47-33(24-38(51)53-5)30-15-13-29(14-16-30)32-18-17-31(23-34(32)55-41(42,43)44)54-26-28-10-7-6-8-11-28/h6-8,10-11,13-20,22-23,33H,9,12,21,24-26H2,1-5H3,(H,46,49)(H,47,50)/t33-/m0/s1. The molecule has 0 aliphatic rings. The van der Waals surface area contributed by atoms with Gasteiger partial charge in [-0.1, -0.05) is 54.6 Å². The molecular weight excluding hydrogens is 733 g/mol. The normalized spacial score (nSPS) is 11.9. The highest BCUT2D eigenvalue weighted by atomic mass is 19.4. The zero-order valence-electron chi connectivity index (χ0n) is 31.8. The van der Waals surface area contributed by atoms with E-state index in [0.29, 0.717) is 16.9 Å². The highest BCUT2D eigenvalue weighted by Gasteiger charge is 2.33. The number of hydrogen-bond donors (Lipinski definition) is 2. The van der Waals surface area contributed by atoms with Crippen molar-refractivity contribution >= 4 is 29.7 Å². The molecule has 0 unspecified atom stereocenters. The third kappa shape index (κ3) is 13.9. The number of carbonyl (C=O) groups excluding carboxylic acids is 4. The van der Waals surface area contributed by atoms with Gasteiger partial charge in [-0.2, -0.15) is 0 Å². The van der Waals surface area contributed by atoms with Crippen molar-refractivity contribution in [3.05, 3.63) is 108 Å². The lowest BCUT2D eigenvalue weighted by atomic mass is 9.98. The van der Waals surface area contributed by atoms with E-state index in [1.54, 1.807) is 51.2 Å². The summed E-state index contributed by atoms with van der Waals surface area (Å²) >= 11 is 0. The van der Waals surface area contributed by atoms with Gasteiger partial charge >= 0.3 is 18.4 Å². The van der Waals surface area contributed by atoms with E-state index < -0.39 is 54.2 Å². The smallest absolute Gasteiger partial charge is 0.489 e. The van der Waals surface area contributed by atoms with E-state index in [2.05, 4.69) is 20.4 Å². The lowest BCUT2D eigenvalue weighted by Crippen LogP contribution is -2.40. The van der Waals surface area contributed by atoms with E-state index in [9.17, 15) is 32.3 Å². The maximum atomic E-state index is 13.4. The first-order valence-corrected chi connectivity index (χ1v) is 17.7. The molecule has 3 aromatic carbocycles. The summed E-state index contributed by atoms with van der Waals surface area (Å²) < 4.78 is 60.7. The van der Waals surface area contributed by atoms with Gasteiger partial charge in [0, 0.05) is 30.8 Å². The molecule has 3 amide bonds. The van der Waals surface area contributed by atoms with Gasteiger partial charge in [0.05, 0.1) is 26.1 Å². The zero-order valence-corrected chi connectivity index (χ0v) is 31.8. The van der Waals surface area contributed by atoms with Gasteiger partial charge in [-0.25, -0.2) is 9.78 Å². The van der Waals surface area contributed by atoms with Gasteiger partial charge in [0.1, 0.15) is 29.5 Å². The molecule has 12 nitrogen and oxygen atoms in total. The number of nitrogens with zero attached hydrogens (tertiary/aromatic N) is 2. The summed E-state index contributed by atoms with van der Waals surface area (Å²) in [4.78, 5) is 56.5. The minimum atomic E-state index is -4.97. The van der Waals surface area contributed by atoms with Crippen LogP contribution in [0.5, 0.6) is 11.5 Å². The molecule has 298 valence electrons. The number of halogens is 3. The Morgan fingerprint density at radius 3 is 2.25 bits per heavy atom. The molecule has 0 spiro atoms. The Bertz CT molecular complexity index is 1950. The lowest BCUT2D eigenvalue weighted by Gasteiger charge is -2.27. The van der Waals surface area contributed by atoms with Crippen LogP contribution in [0.1, 0.15) is 62.8 Å². The van der Waals surface area contributed by atoms with E-state index in [1.165, 1.54) is 36.3 Å². The van der Waals surface area contributed by atoms with Gasteiger partial charge in [-0.15, -0.1) is 13.2 Å². The van der Waals surface area contributed by atoms with Crippen LogP contribution in [0.3, 0.4) is 0 Å². The van der Waals surface area contributed by atoms with Crippen molar-refractivity contribution in [1.82, 2.24) is 15.6 Å². The number of ether oxygens (including phenoxy) is 4. The number of nitrogens with one attached hydrogen (secondary N) is 2. The highest BCUT2D eigenvalue weighted by Crippen LogP contribution is 2.37. The maximum Gasteiger partial charge on any atom is 0.573 e. The molecule has 0 fully saturated rings. The number of aryl methyl sites for hydroxylation is 1. The number of anilines is 1. The molecule has 0 saturated heterocycles. The van der Waals surface area contributed by atoms with Crippen molar-refractivity contribution in [3.8, 4) is 22.6 Å². The summed E-state index contributed by atoms with van der Waals surface area (Å²) in [7, 11) is 1.19. The maximum absolute atomic E-state index is 13.4. The number of alkyl halides is 3. The van der Waals surface area contributed by atoms with Gasteiger partial charge in [0.25, 0.3) is 0 Å². The Labute approximate surface area is 323 Å². The SMILES string of the molecule is COC(=O)C[C@H](NC(=O)CNC(=O)CCCN(C(=O)OC(C)(C)C)c1cc(C)ccn1)c1ccc(-c2ccc(OCc3ccccc3)cc2OC(F)(F)F)cc1. The molecule has 56 heavy (non-hydrogen) atoms. The predicted octanol–water partition coefficient (Wildman–Crippen LogP) is 7.59. The van der Waals surface area contributed by atoms with Crippen LogP contribution < -0.4 is 25.0 Å². The molecule has 2 N–H and O–H groups in total. The van der Waals surface area contributed by atoms with Crippen molar-refractivity contribution in [3.63, 3.8) is 0 Å². The molecule has 0 aliphatic carbocycles. The van der Waals surface area contributed by atoms with Crippen LogP contribution in [0.15, 0.2) is 91.1 Å². The van der Waals surface area contributed by atoms with Crippen molar-refractivity contribution in [1.29, 1.82) is 0 Å². The Morgan fingerprint density at radius 2 is 1.61 bits per heavy atom. The number of hydrogen-bond acceptors (Lipinski definition) is 9. The molecule has 1 atom stereocenters. The third-order valence-electron chi connectivity index (χ3n) is 8.01. The Kier molecular flexibility index (Phi) is 14.8. The summed E-state index contributed by atoms with van der Waals surface area (Å²) in [6.07, 6.45) is -4.07. The van der Waals surface area contributed by atoms with Crippen LogP contribution in [0.25, 0.3) is 11.1 Å².